The minimum Gasteiger partial charge on any atom is -0.497 e. The third kappa shape index (κ3) is 6.40. The highest BCUT2D eigenvalue weighted by Crippen LogP contribution is 2.37. The lowest BCUT2D eigenvalue weighted by molar-refractivity contribution is 0.414. The van der Waals surface area contributed by atoms with Crippen LogP contribution in [0, 0.1) is 0 Å². The largest absolute Gasteiger partial charge is 0.497 e. The van der Waals surface area contributed by atoms with E-state index in [1.54, 1.807) is 26.0 Å². The van der Waals surface area contributed by atoms with Crippen molar-refractivity contribution < 1.29 is 9.47 Å². The summed E-state index contributed by atoms with van der Waals surface area (Å²) in [6.07, 6.45) is 2.69. The van der Waals surface area contributed by atoms with Gasteiger partial charge in [0.15, 0.2) is 0 Å². The second kappa shape index (κ2) is 12.8. The van der Waals surface area contributed by atoms with Crippen molar-refractivity contribution in [3.8, 4) is 11.5 Å². The van der Waals surface area contributed by atoms with E-state index in [1.807, 2.05) is 60.8 Å². The van der Waals surface area contributed by atoms with E-state index in [0.717, 1.165) is 46.1 Å². The van der Waals surface area contributed by atoms with E-state index in [9.17, 15) is 0 Å². The van der Waals surface area contributed by atoms with Crippen molar-refractivity contribution >= 4 is 35.1 Å². The van der Waals surface area contributed by atoms with E-state index in [0.29, 0.717) is 0 Å². The Hall–Kier alpha value is -4.81. The molecule has 208 valence electrons. The summed E-state index contributed by atoms with van der Waals surface area (Å²) in [4.78, 5) is 6.95. The molecule has 1 heterocycles. The zero-order valence-corrected chi connectivity index (χ0v) is 24.4. The zero-order valence-electron chi connectivity index (χ0n) is 23.6. The molecule has 1 atom stereocenters. The maximum atomic E-state index is 5.37. The number of ether oxygens (including phenoxy) is 2. The summed E-state index contributed by atoms with van der Waals surface area (Å²) >= 11 is 1.74. The fraction of sp³-hybridized carbons (Fsp3) is 0.111. The summed E-state index contributed by atoms with van der Waals surface area (Å²) in [7, 11) is 3.36. The van der Waals surface area contributed by atoms with Gasteiger partial charge in [-0.05, 0) is 102 Å². The average Bonchev–Trinajstić information content (AvgIpc) is 3.51. The average molecular weight is 570 g/mol. The van der Waals surface area contributed by atoms with E-state index in [1.165, 1.54) is 15.4 Å². The van der Waals surface area contributed by atoms with Crippen molar-refractivity contribution in [3.63, 3.8) is 0 Å². The Morgan fingerprint density at radius 3 is 1.93 bits per heavy atom. The Morgan fingerprint density at radius 1 is 0.714 bits per heavy atom. The summed E-state index contributed by atoms with van der Waals surface area (Å²) in [6, 6.07) is 43.6. The van der Waals surface area contributed by atoms with Gasteiger partial charge in [-0.15, -0.1) is 0 Å². The van der Waals surface area contributed by atoms with Crippen molar-refractivity contribution in [2.75, 3.05) is 19.2 Å². The van der Waals surface area contributed by atoms with Crippen molar-refractivity contribution in [1.82, 2.24) is 0 Å². The van der Waals surface area contributed by atoms with Gasteiger partial charge in [0.1, 0.15) is 11.5 Å². The van der Waals surface area contributed by atoms with E-state index < -0.39 is 0 Å². The number of hydrazone groups is 1. The second-order valence-corrected chi connectivity index (χ2v) is 11.0. The van der Waals surface area contributed by atoms with Crippen molar-refractivity contribution in [1.29, 1.82) is 0 Å². The number of anilines is 1. The normalized spacial score (nSPS) is 14.7. The number of hydrogen-bond donors (Lipinski definition) is 0. The summed E-state index contributed by atoms with van der Waals surface area (Å²) in [5.74, 6) is 1.69. The highest BCUT2D eigenvalue weighted by Gasteiger charge is 2.29. The molecule has 6 heteroatoms. The van der Waals surface area contributed by atoms with E-state index in [4.69, 9.17) is 14.6 Å². The number of hydrogen-bond acceptors (Lipinski definition) is 6. The van der Waals surface area contributed by atoms with Crippen LogP contribution >= 0.6 is 11.8 Å². The minimum absolute atomic E-state index is 0.119. The molecule has 5 nitrogen and oxygen atoms in total. The van der Waals surface area contributed by atoms with Gasteiger partial charge in [-0.25, -0.2) is 0 Å². The van der Waals surface area contributed by atoms with Crippen LogP contribution in [0.4, 0.5) is 11.4 Å². The minimum atomic E-state index is 0.119. The maximum Gasteiger partial charge on any atom is 0.118 e. The molecule has 0 fully saturated rings. The van der Waals surface area contributed by atoms with Crippen LogP contribution in [0.25, 0.3) is 0 Å². The summed E-state index contributed by atoms with van der Waals surface area (Å²) in [5.41, 5.74) is 6.46. The molecule has 0 amide bonds. The quantitative estimate of drug-likeness (QED) is 0.166. The number of para-hydroxylation sites is 1. The van der Waals surface area contributed by atoms with Crippen molar-refractivity contribution in [2.45, 2.75) is 22.3 Å². The number of benzene rings is 5. The van der Waals surface area contributed by atoms with Crippen LogP contribution in [0.2, 0.25) is 0 Å². The van der Waals surface area contributed by atoms with Crippen LogP contribution in [0.3, 0.4) is 0 Å². The topological polar surface area (TPSA) is 46.4 Å². The van der Waals surface area contributed by atoms with Crippen molar-refractivity contribution in [2.24, 2.45) is 10.1 Å². The summed E-state index contributed by atoms with van der Waals surface area (Å²) in [5, 5.41) is 7.23. The molecule has 6 rings (SSSR count). The molecular formula is C36H31N3O2S. The molecule has 0 N–H and O–H groups in total. The Kier molecular flexibility index (Phi) is 8.33. The van der Waals surface area contributed by atoms with Crippen LogP contribution in [0.15, 0.2) is 147 Å². The first kappa shape index (κ1) is 27.4. The molecule has 0 bridgehead atoms. The first-order valence-electron chi connectivity index (χ1n) is 13.8. The molecule has 0 saturated heterocycles. The third-order valence-corrected chi connectivity index (χ3v) is 8.19. The van der Waals surface area contributed by atoms with Gasteiger partial charge < -0.3 is 9.47 Å². The van der Waals surface area contributed by atoms with E-state index in [2.05, 4.69) is 82.8 Å². The second-order valence-electron chi connectivity index (χ2n) is 9.87. The molecule has 0 saturated carbocycles. The number of methoxy groups -OCH3 is 2. The molecular weight excluding hydrogens is 538 g/mol. The molecule has 0 aliphatic carbocycles. The lowest BCUT2D eigenvalue weighted by Crippen LogP contribution is -2.18. The van der Waals surface area contributed by atoms with Gasteiger partial charge in [0.2, 0.25) is 0 Å². The third-order valence-electron chi connectivity index (χ3n) is 7.17. The maximum absolute atomic E-state index is 5.37. The SMILES string of the molecule is COc1ccc(C=Nc2ccc(Sc3ccc(C4=NN(c5ccccc5)C(c5ccc(OC)cc5)C4)cc3)cc2)cc1. The number of rotatable bonds is 9. The molecule has 1 aliphatic rings. The summed E-state index contributed by atoms with van der Waals surface area (Å²) < 4.78 is 10.6. The predicted octanol–water partition coefficient (Wildman–Crippen LogP) is 8.96. The van der Waals surface area contributed by atoms with Gasteiger partial charge in [-0.2, -0.15) is 5.10 Å². The zero-order chi connectivity index (χ0) is 28.7. The smallest absolute Gasteiger partial charge is 0.118 e. The number of nitrogens with zero attached hydrogens (tertiary/aromatic N) is 3. The highest BCUT2D eigenvalue weighted by molar-refractivity contribution is 7.99. The highest BCUT2D eigenvalue weighted by atomic mass is 32.2. The molecule has 1 unspecified atom stereocenters. The Labute approximate surface area is 251 Å². The van der Waals surface area contributed by atoms with Gasteiger partial charge in [0.05, 0.1) is 37.3 Å². The van der Waals surface area contributed by atoms with Gasteiger partial charge in [0, 0.05) is 22.4 Å². The monoisotopic (exact) mass is 569 g/mol. The van der Waals surface area contributed by atoms with E-state index >= 15 is 0 Å². The van der Waals surface area contributed by atoms with Crippen LogP contribution in [0.1, 0.15) is 29.2 Å². The standard InChI is InChI=1S/C36H31N3O2S/c1-40-31-16-8-26(9-17-31)25-37-29-14-22-34(23-15-29)42-33-20-12-27(13-21-33)35-24-36(28-10-18-32(41-2)19-11-28)39(38-35)30-6-4-3-5-7-30/h3-23,25,36H,24H2,1-2H3. The van der Waals surface area contributed by atoms with Crippen LogP contribution < -0.4 is 14.5 Å². The first-order chi connectivity index (χ1) is 20.7. The molecule has 5 aromatic carbocycles. The predicted molar refractivity (Wildman–Crippen MR) is 173 cm³/mol. The lowest BCUT2D eigenvalue weighted by Gasteiger charge is -2.24. The van der Waals surface area contributed by atoms with Crippen LogP contribution in [0.5, 0.6) is 11.5 Å². The Morgan fingerprint density at radius 2 is 1.31 bits per heavy atom. The van der Waals surface area contributed by atoms with E-state index in [-0.39, 0.29) is 6.04 Å². The molecule has 0 radical (unpaired) electrons. The molecule has 5 aromatic rings. The van der Waals surface area contributed by atoms with Gasteiger partial charge in [-0.3, -0.25) is 10.0 Å². The van der Waals surface area contributed by atoms with Gasteiger partial charge in [0.25, 0.3) is 0 Å². The Bertz CT molecular complexity index is 1670. The van der Waals surface area contributed by atoms with Crippen LogP contribution in [-0.4, -0.2) is 26.1 Å². The van der Waals surface area contributed by atoms with Gasteiger partial charge in [-0.1, -0.05) is 54.2 Å². The van der Waals surface area contributed by atoms with Gasteiger partial charge >= 0.3 is 0 Å². The Balaban J connectivity index is 1.14. The molecule has 42 heavy (non-hydrogen) atoms. The van der Waals surface area contributed by atoms with Crippen molar-refractivity contribution in [3.05, 3.63) is 144 Å². The molecule has 1 aliphatic heterocycles. The molecule has 0 aromatic heterocycles. The lowest BCUT2D eigenvalue weighted by atomic mass is 9.98. The fourth-order valence-corrected chi connectivity index (χ4v) is 5.70. The summed E-state index contributed by atoms with van der Waals surface area (Å²) in [6.45, 7) is 0. The van der Waals surface area contributed by atoms with Crippen LogP contribution in [-0.2, 0) is 0 Å². The first-order valence-corrected chi connectivity index (χ1v) is 14.6. The molecule has 0 spiro atoms. The number of aliphatic imine (C=N–C) groups is 1. The fourth-order valence-electron chi connectivity index (χ4n) is 4.88.